The Morgan fingerprint density at radius 3 is 2.72 bits per heavy atom. The molecule has 3 nitrogen and oxygen atoms in total. The lowest BCUT2D eigenvalue weighted by Gasteiger charge is -2.13. The highest BCUT2D eigenvalue weighted by Crippen LogP contribution is 2.45. The molecular formula is C27H32N3S2+. The van der Waals surface area contributed by atoms with E-state index < -0.39 is 0 Å². The third kappa shape index (κ3) is 4.90. The molecule has 5 heteroatoms. The number of aryl methyl sites for hydroxylation is 2. The molecule has 4 rings (SSSR count). The van der Waals surface area contributed by atoms with E-state index in [1.54, 1.807) is 0 Å². The van der Waals surface area contributed by atoms with Crippen molar-refractivity contribution in [1.82, 2.24) is 4.90 Å². The summed E-state index contributed by atoms with van der Waals surface area (Å²) in [4.78, 5) is 5.85. The van der Waals surface area contributed by atoms with Gasteiger partial charge in [0.25, 0.3) is 0 Å². The van der Waals surface area contributed by atoms with E-state index in [2.05, 4.69) is 116 Å². The van der Waals surface area contributed by atoms with Crippen LogP contribution in [-0.2, 0) is 6.54 Å². The molecule has 2 heterocycles. The van der Waals surface area contributed by atoms with Gasteiger partial charge in [-0.05, 0) is 63.3 Å². The number of pyridine rings is 1. The van der Waals surface area contributed by atoms with E-state index in [9.17, 15) is 0 Å². The molecule has 0 fully saturated rings. The second kappa shape index (κ2) is 10.2. The van der Waals surface area contributed by atoms with Crippen LogP contribution in [0.4, 0.5) is 5.69 Å². The number of fused-ring (bicyclic) bond motifs is 2. The Kier molecular flexibility index (Phi) is 7.29. The van der Waals surface area contributed by atoms with Crippen LogP contribution in [-0.4, -0.2) is 38.3 Å². The van der Waals surface area contributed by atoms with Crippen LogP contribution in [0.5, 0.6) is 0 Å². The van der Waals surface area contributed by atoms with Crippen LogP contribution in [0, 0.1) is 6.92 Å². The van der Waals surface area contributed by atoms with Gasteiger partial charge in [-0.25, -0.2) is 0 Å². The van der Waals surface area contributed by atoms with Gasteiger partial charge in [-0.3, -0.25) is 0 Å². The Bertz CT molecular complexity index is 1180. The fraction of sp³-hybridized carbons (Fsp3) is 0.296. The third-order valence-corrected chi connectivity index (χ3v) is 7.90. The van der Waals surface area contributed by atoms with Crippen molar-refractivity contribution in [2.75, 3.05) is 38.3 Å². The average Bonchev–Trinajstić information content (AvgIpc) is 3.08. The minimum atomic E-state index is 0.970. The van der Waals surface area contributed by atoms with Crippen LogP contribution in [0.2, 0.25) is 0 Å². The summed E-state index contributed by atoms with van der Waals surface area (Å²) in [5, 5.41) is 3.88. The number of benzene rings is 2. The SMILES string of the molecule is CC[n+]1c(SCCN(C)C)cc(C=CC=C2Sc3ccc(C)cc3N2C)c2ccccc21. The van der Waals surface area contributed by atoms with Gasteiger partial charge < -0.3 is 9.80 Å². The van der Waals surface area contributed by atoms with Gasteiger partial charge in [0, 0.05) is 36.4 Å². The van der Waals surface area contributed by atoms with Crippen LogP contribution in [0.1, 0.15) is 18.1 Å². The van der Waals surface area contributed by atoms with E-state index >= 15 is 0 Å². The van der Waals surface area contributed by atoms with Crippen LogP contribution in [0.25, 0.3) is 17.0 Å². The second-order valence-corrected chi connectivity index (χ2v) is 10.5. The molecule has 166 valence electrons. The smallest absolute Gasteiger partial charge is 0.241 e. The maximum Gasteiger partial charge on any atom is 0.241 e. The normalized spacial score (nSPS) is 14.9. The fourth-order valence-electron chi connectivity index (χ4n) is 3.93. The van der Waals surface area contributed by atoms with Gasteiger partial charge >= 0.3 is 0 Å². The minimum Gasteiger partial charge on any atom is -0.338 e. The Balaban J connectivity index is 1.65. The first-order chi connectivity index (χ1) is 15.5. The molecule has 0 N–H and O–H groups in total. The van der Waals surface area contributed by atoms with Crippen molar-refractivity contribution in [3.05, 3.63) is 76.8 Å². The molecule has 0 amide bonds. The summed E-state index contributed by atoms with van der Waals surface area (Å²) in [7, 11) is 6.42. The number of nitrogens with zero attached hydrogens (tertiary/aromatic N) is 3. The van der Waals surface area contributed by atoms with E-state index in [0.29, 0.717) is 0 Å². The number of anilines is 1. The number of hydrogen-bond donors (Lipinski definition) is 0. The zero-order valence-electron chi connectivity index (χ0n) is 19.6. The molecule has 0 saturated carbocycles. The summed E-state index contributed by atoms with van der Waals surface area (Å²) in [6.45, 7) is 6.42. The van der Waals surface area contributed by atoms with Gasteiger partial charge in [0.15, 0.2) is 0 Å². The van der Waals surface area contributed by atoms with E-state index in [1.807, 2.05) is 23.5 Å². The average molecular weight is 463 g/mol. The summed E-state index contributed by atoms with van der Waals surface area (Å²) in [5.41, 5.74) is 5.16. The Labute approximate surface area is 200 Å². The second-order valence-electron chi connectivity index (χ2n) is 8.35. The molecule has 2 aromatic carbocycles. The molecular weight excluding hydrogens is 430 g/mol. The molecule has 1 aliphatic rings. The number of aromatic nitrogens is 1. The van der Waals surface area contributed by atoms with Gasteiger partial charge in [-0.15, -0.1) is 0 Å². The molecule has 0 atom stereocenters. The monoisotopic (exact) mass is 462 g/mol. The molecule has 0 unspecified atom stereocenters. The van der Waals surface area contributed by atoms with Gasteiger partial charge in [0.1, 0.15) is 6.54 Å². The van der Waals surface area contributed by atoms with Crippen LogP contribution in [0.15, 0.2) is 75.6 Å². The molecule has 0 radical (unpaired) electrons. The molecule has 0 saturated heterocycles. The molecule has 32 heavy (non-hydrogen) atoms. The Hall–Kier alpha value is -2.21. The van der Waals surface area contributed by atoms with Crippen molar-refractivity contribution in [2.24, 2.45) is 0 Å². The quantitative estimate of drug-likeness (QED) is 0.305. The van der Waals surface area contributed by atoms with Gasteiger partial charge in [-0.1, -0.05) is 53.9 Å². The zero-order chi connectivity index (χ0) is 22.7. The van der Waals surface area contributed by atoms with Crippen molar-refractivity contribution >= 4 is 46.2 Å². The first-order valence-corrected chi connectivity index (χ1v) is 12.9. The molecule has 3 aromatic rings. The number of thioether (sulfide) groups is 2. The Morgan fingerprint density at radius 1 is 1.12 bits per heavy atom. The lowest BCUT2D eigenvalue weighted by atomic mass is 10.1. The maximum absolute atomic E-state index is 2.44. The highest BCUT2D eigenvalue weighted by Gasteiger charge is 2.21. The van der Waals surface area contributed by atoms with Gasteiger partial charge in [-0.2, -0.15) is 4.57 Å². The third-order valence-electron chi connectivity index (χ3n) is 5.69. The van der Waals surface area contributed by atoms with E-state index in [-0.39, 0.29) is 0 Å². The fourth-order valence-corrected chi connectivity index (χ4v) is 6.24. The predicted molar refractivity (Wildman–Crippen MR) is 142 cm³/mol. The summed E-state index contributed by atoms with van der Waals surface area (Å²) in [5.74, 6) is 1.08. The lowest BCUT2D eigenvalue weighted by molar-refractivity contribution is -0.704. The largest absolute Gasteiger partial charge is 0.338 e. The zero-order valence-corrected chi connectivity index (χ0v) is 21.3. The first-order valence-electron chi connectivity index (χ1n) is 11.1. The van der Waals surface area contributed by atoms with Crippen LogP contribution >= 0.6 is 23.5 Å². The standard InChI is InChI=1S/C27H32N3S2/c1-6-30-23-12-8-7-11-22(23)21(19-27(30)31-17-16-28(3)4)10-9-13-26-29(5)24-18-20(2)14-15-25(24)32-26/h7-15,18-19H,6,16-17H2,1-5H3/q+1. The van der Waals surface area contributed by atoms with Crippen LogP contribution in [0.3, 0.4) is 0 Å². The van der Waals surface area contributed by atoms with E-state index in [1.165, 1.54) is 42.7 Å². The number of hydrogen-bond acceptors (Lipinski definition) is 4. The first kappa shape index (κ1) is 23.0. The van der Waals surface area contributed by atoms with Crippen molar-refractivity contribution in [3.63, 3.8) is 0 Å². The van der Waals surface area contributed by atoms with Crippen molar-refractivity contribution in [1.29, 1.82) is 0 Å². The highest BCUT2D eigenvalue weighted by atomic mass is 32.2. The number of allylic oxidation sites excluding steroid dienone is 2. The summed E-state index contributed by atoms with van der Waals surface area (Å²) < 4.78 is 2.44. The van der Waals surface area contributed by atoms with Crippen molar-refractivity contribution in [2.45, 2.75) is 30.3 Å². The molecule has 1 aliphatic heterocycles. The van der Waals surface area contributed by atoms with Crippen molar-refractivity contribution < 1.29 is 4.57 Å². The van der Waals surface area contributed by atoms with Crippen molar-refractivity contribution in [3.8, 4) is 0 Å². The number of para-hydroxylation sites is 1. The molecule has 0 spiro atoms. The molecule has 0 aliphatic carbocycles. The highest BCUT2D eigenvalue weighted by molar-refractivity contribution is 8.03. The molecule has 1 aromatic heterocycles. The maximum atomic E-state index is 2.44. The van der Waals surface area contributed by atoms with Gasteiger partial charge in [0.05, 0.1) is 16.1 Å². The Morgan fingerprint density at radius 2 is 1.94 bits per heavy atom. The van der Waals surface area contributed by atoms with E-state index in [0.717, 1.165) is 18.8 Å². The lowest BCUT2D eigenvalue weighted by Crippen LogP contribution is -2.36. The molecule has 0 bridgehead atoms. The van der Waals surface area contributed by atoms with Crippen LogP contribution < -0.4 is 9.47 Å². The topological polar surface area (TPSA) is 10.4 Å². The summed E-state index contributed by atoms with van der Waals surface area (Å²) in [6, 6.07) is 17.8. The minimum absolute atomic E-state index is 0.970. The summed E-state index contributed by atoms with van der Waals surface area (Å²) >= 11 is 3.78. The summed E-state index contributed by atoms with van der Waals surface area (Å²) in [6.07, 6.45) is 6.69. The number of rotatable bonds is 7. The van der Waals surface area contributed by atoms with E-state index in [4.69, 9.17) is 0 Å². The predicted octanol–water partition coefficient (Wildman–Crippen LogP) is 6.21. The van der Waals surface area contributed by atoms with Gasteiger partial charge in [0.2, 0.25) is 10.5 Å².